The highest BCUT2D eigenvalue weighted by Crippen LogP contribution is 2.13. The zero-order chi connectivity index (χ0) is 9.68. The standard InChI is InChI=1S/C8H15N3OS/c1-6(2)7(4-12-3)11-8-9-5-10-13-8/h5-7H,4H2,1-3H3,(H,9,10,11). The van der Waals surface area contributed by atoms with Crippen molar-refractivity contribution in [1.82, 2.24) is 9.36 Å². The molecule has 0 radical (unpaired) electrons. The van der Waals surface area contributed by atoms with Crippen LogP contribution in [0.2, 0.25) is 0 Å². The van der Waals surface area contributed by atoms with E-state index in [1.54, 1.807) is 13.4 Å². The van der Waals surface area contributed by atoms with Crippen LogP contribution in [0.1, 0.15) is 13.8 Å². The summed E-state index contributed by atoms with van der Waals surface area (Å²) in [6.07, 6.45) is 1.55. The SMILES string of the molecule is COCC(Nc1ncns1)C(C)C. The summed E-state index contributed by atoms with van der Waals surface area (Å²) in [4.78, 5) is 4.06. The predicted octanol–water partition coefficient (Wildman–Crippen LogP) is 1.62. The highest BCUT2D eigenvalue weighted by atomic mass is 32.1. The van der Waals surface area contributed by atoms with Crippen molar-refractivity contribution in [3.8, 4) is 0 Å². The Kier molecular flexibility index (Phi) is 4.11. The van der Waals surface area contributed by atoms with Crippen molar-refractivity contribution in [3.63, 3.8) is 0 Å². The largest absolute Gasteiger partial charge is 0.383 e. The molecule has 1 rings (SSSR count). The monoisotopic (exact) mass is 201 g/mol. The molecule has 0 aromatic carbocycles. The fourth-order valence-corrected chi connectivity index (χ4v) is 1.47. The number of ether oxygens (including phenoxy) is 1. The van der Waals surface area contributed by atoms with Gasteiger partial charge in [-0.1, -0.05) is 13.8 Å². The summed E-state index contributed by atoms with van der Waals surface area (Å²) in [5.41, 5.74) is 0. The van der Waals surface area contributed by atoms with E-state index in [0.717, 1.165) is 5.13 Å². The molecule has 1 aromatic heterocycles. The van der Waals surface area contributed by atoms with Gasteiger partial charge in [0.05, 0.1) is 12.6 Å². The van der Waals surface area contributed by atoms with Gasteiger partial charge in [-0.3, -0.25) is 0 Å². The number of methoxy groups -OCH3 is 1. The van der Waals surface area contributed by atoms with Crippen LogP contribution in [-0.4, -0.2) is 29.1 Å². The van der Waals surface area contributed by atoms with Crippen LogP contribution in [0.3, 0.4) is 0 Å². The van der Waals surface area contributed by atoms with Crippen LogP contribution in [-0.2, 0) is 4.74 Å². The van der Waals surface area contributed by atoms with Gasteiger partial charge in [-0.25, -0.2) is 4.98 Å². The Hall–Kier alpha value is -0.680. The first-order valence-corrected chi connectivity index (χ1v) is 5.03. The third-order valence-electron chi connectivity index (χ3n) is 1.82. The summed E-state index contributed by atoms with van der Waals surface area (Å²) in [6, 6.07) is 0.304. The molecule has 0 aliphatic heterocycles. The Morgan fingerprint density at radius 3 is 2.85 bits per heavy atom. The first-order valence-electron chi connectivity index (χ1n) is 4.26. The number of hydrogen-bond acceptors (Lipinski definition) is 5. The molecule has 5 heteroatoms. The van der Waals surface area contributed by atoms with Gasteiger partial charge in [0.25, 0.3) is 0 Å². The van der Waals surface area contributed by atoms with Crippen molar-refractivity contribution in [2.45, 2.75) is 19.9 Å². The second-order valence-corrected chi connectivity index (χ2v) is 3.98. The molecule has 1 unspecified atom stereocenters. The molecule has 0 amide bonds. The van der Waals surface area contributed by atoms with Gasteiger partial charge in [-0.2, -0.15) is 4.37 Å². The van der Waals surface area contributed by atoms with E-state index < -0.39 is 0 Å². The topological polar surface area (TPSA) is 47.0 Å². The van der Waals surface area contributed by atoms with Gasteiger partial charge in [0.2, 0.25) is 5.13 Å². The summed E-state index contributed by atoms with van der Waals surface area (Å²) < 4.78 is 9.03. The highest BCUT2D eigenvalue weighted by molar-refractivity contribution is 7.09. The lowest BCUT2D eigenvalue weighted by Gasteiger charge is -2.20. The van der Waals surface area contributed by atoms with Gasteiger partial charge < -0.3 is 10.1 Å². The average Bonchev–Trinajstić information content (AvgIpc) is 2.56. The van der Waals surface area contributed by atoms with E-state index in [9.17, 15) is 0 Å². The molecule has 1 heterocycles. The molecular weight excluding hydrogens is 186 g/mol. The van der Waals surface area contributed by atoms with Crippen molar-refractivity contribution in [1.29, 1.82) is 0 Å². The normalized spacial score (nSPS) is 13.2. The summed E-state index contributed by atoms with van der Waals surface area (Å²) in [5, 5.41) is 4.14. The van der Waals surface area contributed by atoms with Gasteiger partial charge >= 0.3 is 0 Å². The van der Waals surface area contributed by atoms with E-state index in [1.807, 2.05) is 0 Å². The molecule has 0 aliphatic carbocycles. The molecule has 0 saturated heterocycles. The minimum Gasteiger partial charge on any atom is -0.383 e. The highest BCUT2D eigenvalue weighted by Gasteiger charge is 2.13. The van der Waals surface area contributed by atoms with Crippen LogP contribution >= 0.6 is 11.5 Å². The minimum atomic E-state index is 0.304. The van der Waals surface area contributed by atoms with Crippen LogP contribution in [0.4, 0.5) is 5.13 Å². The first kappa shape index (κ1) is 10.4. The predicted molar refractivity (Wildman–Crippen MR) is 54.0 cm³/mol. The second kappa shape index (κ2) is 5.14. The van der Waals surface area contributed by atoms with Gasteiger partial charge in [0.15, 0.2) is 0 Å². The summed E-state index contributed by atoms with van der Waals surface area (Å²) in [6.45, 7) is 4.99. The molecular formula is C8H15N3OS. The van der Waals surface area contributed by atoms with E-state index >= 15 is 0 Å². The molecule has 0 saturated carbocycles. The zero-order valence-electron chi connectivity index (χ0n) is 8.15. The molecule has 0 fully saturated rings. The summed E-state index contributed by atoms with van der Waals surface area (Å²) in [5.74, 6) is 0.517. The Morgan fingerprint density at radius 1 is 1.62 bits per heavy atom. The van der Waals surface area contributed by atoms with Crippen LogP contribution in [0.25, 0.3) is 0 Å². The quantitative estimate of drug-likeness (QED) is 0.786. The molecule has 0 spiro atoms. The minimum absolute atomic E-state index is 0.304. The van der Waals surface area contributed by atoms with Gasteiger partial charge in [-0.15, -0.1) is 0 Å². The maximum atomic E-state index is 5.11. The molecule has 0 aliphatic rings. The third-order valence-corrected chi connectivity index (χ3v) is 2.42. The van der Waals surface area contributed by atoms with Crippen LogP contribution in [0, 0.1) is 5.92 Å². The van der Waals surface area contributed by atoms with Gasteiger partial charge in [0.1, 0.15) is 6.33 Å². The fraction of sp³-hybridized carbons (Fsp3) is 0.750. The van der Waals surface area contributed by atoms with Gasteiger partial charge in [-0.05, 0) is 5.92 Å². The number of nitrogens with zero attached hydrogens (tertiary/aromatic N) is 2. The molecule has 4 nitrogen and oxygen atoms in total. The molecule has 0 bridgehead atoms. The number of anilines is 1. The van der Waals surface area contributed by atoms with Crippen molar-refractivity contribution < 1.29 is 4.74 Å². The van der Waals surface area contributed by atoms with E-state index in [4.69, 9.17) is 4.74 Å². The summed E-state index contributed by atoms with van der Waals surface area (Å²) in [7, 11) is 1.71. The lowest BCUT2D eigenvalue weighted by molar-refractivity contribution is 0.171. The van der Waals surface area contributed by atoms with E-state index in [0.29, 0.717) is 18.6 Å². The average molecular weight is 201 g/mol. The first-order chi connectivity index (χ1) is 6.24. The Morgan fingerprint density at radius 2 is 2.38 bits per heavy atom. The van der Waals surface area contributed by atoms with Crippen LogP contribution in [0.5, 0.6) is 0 Å². The Bertz CT molecular complexity index is 225. The molecule has 1 atom stereocenters. The molecule has 74 valence electrons. The Balaban J connectivity index is 2.47. The van der Waals surface area contributed by atoms with Gasteiger partial charge in [0, 0.05) is 18.6 Å². The fourth-order valence-electron chi connectivity index (χ4n) is 0.976. The zero-order valence-corrected chi connectivity index (χ0v) is 8.97. The maximum absolute atomic E-state index is 5.11. The maximum Gasteiger partial charge on any atom is 0.202 e. The van der Waals surface area contributed by atoms with Crippen molar-refractivity contribution in [3.05, 3.63) is 6.33 Å². The van der Waals surface area contributed by atoms with Crippen LogP contribution < -0.4 is 5.32 Å². The van der Waals surface area contributed by atoms with E-state index in [-0.39, 0.29) is 0 Å². The number of nitrogens with one attached hydrogen (secondary N) is 1. The number of aromatic nitrogens is 2. The van der Waals surface area contributed by atoms with Crippen LogP contribution in [0.15, 0.2) is 6.33 Å². The van der Waals surface area contributed by atoms with E-state index in [2.05, 4.69) is 28.5 Å². The number of hydrogen-bond donors (Lipinski definition) is 1. The lowest BCUT2D eigenvalue weighted by Crippen LogP contribution is -2.30. The number of rotatable bonds is 5. The van der Waals surface area contributed by atoms with Crippen molar-refractivity contribution >= 4 is 16.7 Å². The summed E-state index contributed by atoms with van der Waals surface area (Å²) >= 11 is 1.37. The molecule has 1 N–H and O–H groups in total. The smallest absolute Gasteiger partial charge is 0.202 e. The van der Waals surface area contributed by atoms with E-state index in [1.165, 1.54) is 11.5 Å². The molecule has 1 aromatic rings. The third kappa shape index (κ3) is 3.28. The lowest BCUT2D eigenvalue weighted by atomic mass is 10.1. The molecule has 13 heavy (non-hydrogen) atoms. The van der Waals surface area contributed by atoms with Crippen molar-refractivity contribution in [2.75, 3.05) is 19.0 Å². The second-order valence-electron chi connectivity index (χ2n) is 3.20. The Labute approximate surface area is 82.5 Å². The van der Waals surface area contributed by atoms with Crippen molar-refractivity contribution in [2.24, 2.45) is 5.92 Å².